The zero-order valence-electron chi connectivity index (χ0n) is 11.7. The Morgan fingerprint density at radius 2 is 2.40 bits per heavy atom. The van der Waals surface area contributed by atoms with Crippen LogP contribution in [0.25, 0.3) is 0 Å². The van der Waals surface area contributed by atoms with Crippen molar-refractivity contribution in [1.29, 1.82) is 0 Å². The predicted molar refractivity (Wildman–Crippen MR) is 73.4 cm³/mol. The molecule has 2 rings (SSSR count). The molecule has 0 aliphatic carbocycles. The van der Waals surface area contributed by atoms with Gasteiger partial charge in [-0.05, 0) is 37.3 Å². The Hall–Kier alpha value is -1.62. The molecule has 110 valence electrons. The molecule has 1 amide bonds. The highest BCUT2D eigenvalue weighted by Crippen LogP contribution is 2.21. The standard InChI is InChI=1S/C15H20FNO3/c1-19-13-6-2-5-12(16)14(13)15(18)17-8-3-4-11-7-9-20-10-11/h2,5-6,11H,3-4,7-10H2,1H3,(H,17,18). The second-order valence-corrected chi connectivity index (χ2v) is 4.94. The second-order valence-electron chi connectivity index (χ2n) is 4.94. The van der Waals surface area contributed by atoms with Gasteiger partial charge in [-0.15, -0.1) is 0 Å². The number of hydrogen-bond donors (Lipinski definition) is 1. The highest BCUT2D eigenvalue weighted by atomic mass is 19.1. The third kappa shape index (κ3) is 3.70. The van der Waals surface area contributed by atoms with Crippen molar-refractivity contribution < 1.29 is 18.7 Å². The molecule has 1 unspecified atom stereocenters. The lowest BCUT2D eigenvalue weighted by atomic mass is 10.0. The maximum absolute atomic E-state index is 13.7. The van der Waals surface area contributed by atoms with Gasteiger partial charge in [0.2, 0.25) is 0 Å². The molecule has 1 aliphatic heterocycles. The first kappa shape index (κ1) is 14.8. The Kier molecular flexibility index (Phi) is 5.35. The van der Waals surface area contributed by atoms with E-state index in [4.69, 9.17) is 9.47 Å². The van der Waals surface area contributed by atoms with Gasteiger partial charge in [-0.25, -0.2) is 4.39 Å². The third-order valence-corrected chi connectivity index (χ3v) is 3.52. The number of amides is 1. The number of carbonyl (C=O) groups is 1. The molecule has 1 fully saturated rings. The van der Waals surface area contributed by atoms with E-state index in [1.165, 1.54) is 19.2 Å². The Balaban J connectivity index is 1.82. The SMILES string of the molecule is COc1cccc(F)c1C(=O)NCCCC1CCOC1. The number of nitrogens with one attached hydrogen (secondary N) is 1. The van der Waals surface area contributed by atoms with E-state index >= 15 is 0 Å². The molecule has 1 atom stereocenters. The van der Waals surface area contributed by atoms with Gasteiger partial charge in [-0.1, -0.05) is 6.07 Å². The molecule has 5 heteroatoms. The largest absolute Gasteiger partial charge is 0.496 e. The molecule has 1 heterocycles. The van der Waals surface area contributed by atoms with E-state index in [9.17, 15) is 9.18 Å². The van der Waals surface area contributed by atoms with E-state index < -0.39 is 11.7 Å². The summed E-state index contributed by atoms with van der Waals surface area (Å²) >= 11 is 0. The molecule has 4 nitrogen and oxygen atoms in total. The van der Waals surface area contributed by atoms with Crippen molar-refractivity contribution in [1.82, 2.24) is 5.32 Å². The normalized spacial score (nSPS) is 18.0. The first-order valence-electron chi connectivity index (χ1n) is 6.91. The van der Waals surface area contributed by atoms with E-state index in [1.54, 1.807) is 6.07 Å². The van der Waals surface area contributed by atoms with Crippen LogP contribution in [0.15, 0.2) is 18.2 Å². The van der Waals surface area contributed by atoms with Crippen LogP contribution in [0.2, 0.25) is 0 Å². The summed E-state index contributed by atoms with van der Waals surface area (Å²) in [5, 5.41) is 2.74. The molecule has 0 bridgehead atoms. The Bertz CT molecular complexity index is 458. The summed E-state index contributed by atoms with van der Waals surface area (Å²) in [5.41, 5.74) is -0.0285. The van der Waals surface area contributed by atoms with Gasteiger partial charge in [0.25, 0.3) is 5.91 Å². The monoisotopic (exact) mass is 281 g/mol. The van der Waals surface area contributed by atoms with Gasteiger partial charge < -0.3 is 14.8 Å². The lowest BCUT2D eigenvalue weighted by Gasteiger charge is -2.11. The van der Waals surface area contributed by atoms with Crippen molar-refractivity contribution >= 4 is 5.91 Å². The number of ether oxygens (including phenoxy) is 2. The zero-order chi connectivity index (χ0) is 14.4. The second kappa shape index (κ2) is 7.24. The van der Waals surface area contributed by atoms with Crippen LogP contribution in [0.4, 0.5) is 4.39 Å². The minimum Gasteiger partial charge on any atom is -0.496 e. The summed E-state index contributed by atoms with van der Waals surface area (Å²) in [5.74, 6) is -0.143. The highest BCUT2D eigenvalue weighted by Gasteiger charge is 2.18. The molecule has 0 radical (unpaired) electrons. The van der Waals surface area contributed by atoms with Gasteiger partial charge in [0.05, 0.1) is 7.11 Å². The van der Waals surface area contributed by atoms with Gasteiger partial charge in [0.15, 0.2) is 0 Å². The van der Waals surface area contributed by atoms with E-state index in [-0.39, 0.29) is 11.3 Å². The van der Waals surface area contributed by atoms with E-state index in [1.807, 2.05) is 0 Å². The number of halogens is 1. The average molecular weight is 281 g/mol. The van der Waals surface area contributed by atoms with Crippen LogP contribution >= 0.6 is 0 Å². The van der Waals surface area contributed by atoms with Gasteiger partial charge in [0, 0.05) is 19.8 Å². The average Bonchev–Trinajstić information content (AvgIpc) is 2.96. The number of methoxy groups -OCH3 is 1. The topological polar surface area (TPSA) is 47.6 Å². The fraction of sp³-hybridized carbons (Fsp3) is 0.533. The van der Waals surface area contributed by atoms with E-state index in [0.29, 0.717) is 12.5 Å². The van der Waals surface area contributed by atoms with Crippen LogP contribution in [0.3, 0.4) is 0 Å². The van der Waals surface area contributed by atoms with Gasteiger partial charge in [-0.2, -0.15) is 0 Å². The molecule has 20 heavy (non-hydrogen) atoms. The van der Waals surface area contributed by atoms with Crippen molar-refractivity contribution in [2.45, 2.75) is 19.3 Å². The maximum Gasteiger partial charge on any atom is 0.258 e. The highest BCUT2D eigenvalue weighted by molar-refractivity contribution is 5.97. The Labute approximate surface area is 118 Å². The zero-order valence-corrected chi connectivity index (χ0v) is 11.7. The molecule has 1 saturated heterocycles. The molecular formula is C15H20FNO3. The van der Waals surface area contributed by atoms with Crippen LogP contribution in [0, 0.1) is 11.7 Å². The van der Waals surface area contributed by atoms with Crippen molar-refractivity contribution in [2.24, 2.45) is 5.92 Å². The lowest BCUT2D eigenvalue weighted by Crippen LogP contribution is -2.26. The molecule has 0 saturated carbocycles. The number of benzene rings is 1. The summed E-state index contributed by atoms with van der Waals surface area (Å²) < 4.78 is 24.0. The van der Waals surface area contributed by atoms with Gasteiger partial charge >= 0.3 is 0 Å². The summed E-state index contributed by atoms with van der Waals surface area (Å²) in [4.78, 5) is 12.0. The maximum atomic E-state index is 13.7. The van der Waals surface area contributed by atoms with Crippen LogP contribution in [-0.4, -0.2) is 32.8 Å². The molecule has 1 N–H and O–H groups in total. The Morgan fingerprint density at radius 3 is 3.10 bits per heavy atom. The summed E-state index contributed by atoms with van der Waals surface area (Å²) in [6, 6.07) is 4.35. The quantitative estimate of drug-likeness (QED) is 0.814. The van der Waals surface area contributed by atoms with Crippen molar-refractivity contribution in [3.63, 3.8) is 0 Å². The van der Waals surface area contributed by atoms with Crippen LogP contribution in [0.5, 0.6) is 5.75 Å². The number of carbonyl (C=O) groups excluding carboxylic acids is 1. The minimum absolute atomic E-state index is 0.0285. The van der Waals surface area contributed by atoms with Gasteiger partial charge in [0.1, 0.15) is 17.1 Å². The van der Waals surface area contributed by atoms with Crippen LogP contribution in [-0.2, 0) is 4.74 Å². The summed E-state index contributed by atoms with van der Waals surface area (Å²) in [7, 11) is 1.42. The van der Waals surface area contributed by atoms with Crippen LogP contribution in [0.1, 0.15) is 29.6 Å². The fourth-order valence-electron chi connectivity index (χ4n) is 2.39. The van der Waals surface area contributed by atoms with Crippen molar-refractivity contribution in [3.05, 3.63) is 29.6 Å². The minimum atomic E-state index is -0.564. The molecule has 0 spiro atoms. The van der Waals surface area contributed by atoms with Crippen molar-refractivity contribution in [2.75, 3.05) is 26.9 Å². The molecular weight excluding hydrogens is 261 g/mol. The number of hydrogen-bond acceptors (Lipinski definition) is 3. The fourth-order valence-corrected chi connectivity index (χ4v) is 2.39. The molecule has 1 aliphatic rings. The summed E-state index contributed by atoms with van der Waals surface area (Å²) in [6.07, 6.45) is 2.99. The first-order valence-corrected chi connectivity index (χ1v) is 6.91. The first-order chi connectivity index (χ1) is 9.72. The summed E-state index contributed by atoms with van der Waals surface area (Å²) in [6.45, 7) is 2.19. The van der Waals surface area contributed by atoms with E-state index in [2.05, 4.69) is 5.32 Å². The van der Waals surface area contributed by atoms with Crippen LogP contribution < -0.4 is 10.1 Å². The molecule has 0 aromatic heterocycles. The van der Waals surface area contributed by atoms with Gasteiger partial charge in [-0.3, -0.25) is 4.79 Å². The predicted octanol–water partition coefficient (Wildman–Crippen LogP) is 2.38. The molecule has 1 aromatic rings. The van der Waals surface area contributed by atoms with Crippen molar-refractivity contribution in [3.8, 4) is 5.75 Å². The third-order valence-electron chi connectivity index (χ3n) is 3.52. The Morgan fingerprint density at radius 1 is 1.55 bits per heavy atom. The number of rotatable bonds is 6. The lowest BCUT2D eigenvalue weighted by molar-refractivity contribution is 0.0945. The van der Waals surface area contributed by atoms with E-state index in [0.717, 1.165) is 32.5 Å². The molecule has 1 aromatic carbocycles. The smallest absolute Gasteiger partial charge is 0.258 e.